The van der Waals surface area contributed by atoms with E-state index in [0.717, 1.165) is 11.3 Å². The molecular weight excluding hydrogens is 401 g/mol. The second-order valence-electron chi connectivity index (χ2n) is 8.11. The van der Waals surface area contributed by atoms with Crippen molar-refractivity contribution in [3.63, 3.8) is 0 Å². The Hall–Kier alpha value is -3.13. The third kappa shape index (κ3) is 4.07. The fourth-order valence-corrected chi connectivity index (χ4v) is 4.30. The van der Waals surface area contributed by atoms with Gasteiger partial charge >= 0.3 is 0 Å². The molecular formula is C23H24FN3O4. The number of rotatable bonds is 6. The van der Waals surface area contributed by atoms with Gasteiger partial charge in [-0.25, -0.2) is 4.39 Å². The highest BCUT2D eigenvalue weighted by molar-refractivity contribution is 6.10. The van der Waals surface area contributed by atoms with Crippen LogP contribution in [0.1, 0.15) is 30.4 Å². The average molecular weight is 425 g/mol. The molecule has 2 fully saturated rings. The van der Waals surface area contributed by atoms with Gasteiger partial charge in [-0.1, -0.05) is 18.2 Å². The first-order valence-corrected chi connectivity index (χ1v) is 10.2. The molecule has 0 radical (unpaired) electrons. The lowest BCUT2D eigenvalue weighted by molar-refractivity contribution is -0.143. The summed E-state index contributed by atoms with van der Waals surface area (Å²) in [5, 5.41) is 0. The molecule has 4 rings (SSSR count). The topological polar surface area (TPSA) is 79.8 Å². The zero-order valence-corrected chi connectivity index (χ0v) is 17.3. The second-order valence-corrected chi connectivity index (χ2v) is 8.11. The van der Waals surface area contributed by atoms with Crippen LogP contribution < -0.4 is 0 Å². The maximum absolute atomic E-state index is 14.1. The molecule has 2 atom stereocenters. The molecule has 0 aliphatic carbocycles. The second kappa shape index (κ2) is 8.55. The number of aromatic nitrogens is 1. The Balaban J connectivity index is 1.67. The maximum atomic E-state index is 14.1. The van der Waals surface area contributed by atoms with Crippen molar-refractivity contribution in [3.8, 4) is 0 Å². The van der Waals surface area contributed by atoms with Gasteiger partial charge in [0.25, 0.3) is 0 Å². The number of hydrogen-bond donors (Lipinski definition) is 0. The van der Waals surface area contributed by atoms with E-state index in [1.165, 1.54) is 18.2 Å². The summed E-state index contributed by atoms with van der Waals surface area (Å²) in [7, 11) is 1.68. The Kier molecular flexibility index (Phi) is 5.82. The highest BCUT2D eigenvalue weighted by atomic mass is 19.1. The van der Waals surface area contributed by atoms with Gasteiger partial charge < -0.3 is 9.64 Å². The quantitative estimate of drug-likeness (QED) is 0.662. The maximum Gasteiger partial charge on any atom is 0.241 e. The number of hydrogen-bond acceptors (Lipinski definition) is 5. The zero-order chi connectivity index (χ0) is 22.0. The van der Waals surface area contributed by atoms with Crippen LogP contribution in [0.4, 0.5) is 4.39 Å². The van der Waals surface area contributed by atoms with Crippen LogP contribution in [0.5, 0.6) is 0 Å². The Morgan fingerprint density at radius 3 is 2.84 bits per heavy atom. The summed E-state index contributed by atoms with van der Waals surface area (Å²) in [6.45, 7) is 1.08. The van der Waals surface area contributed by atoms with E-state index in [-0.39, 0.29) is 31.3 Å². The molecule has 3 heterocycles. The van der Waals surface area contributed by atoms with Gasteiger partial charge in [-0.3, -0.25) is 24.3 Å². The van der Waals surface area contributed by atoms with E-state index in [2.05, 4.69) is 4.98 Å². The lowest BCUT2D eigenvalue weighted by atomic mass is 9.75. The predicted molar refractivity (Wildman–Crippen MR) is 109 cm³/mol. The number of amides is 3. The Bertz CT molecular complexity index is 993. The van der Waals surface area contributed by atoms with E-state index in [0.29, 0.717) is 24.3 Å². The Morgan fingerprint density at radius 1 is 1.32 bits per heavy atom. The molecule has 162 valence electrons. The van der Waals surface area contributed by atoms with E-state index < -0.39 is 23.0 Å². The third-order valence-electron chi connectivity index (χ3n) is 6.15. The smallest absolute Gasteiger partial charge is 0.241 e. The van der Waals surface area contributed by atoms with Crippen LogP contribution >= 0.6 is 0 Å². The van der Waals surface area contributed by atoms with Gasteiger partial charge in [0.2, 0.25) is 17.7 Å². The van der Waals surface area contributed by atoms with E-state index in [4.69, 9.17) is 4.74 Å². The summed E-state index contributed by atoms with van der Waals surface area (Å²) in [6.07, 6.45) is 3.51. The minimum atomic E-state index is -1.44. The van der Waals surface area contributed by atoms with Crippen LogP contribution in [0.3, 0.4) is 0 Å². The van der Waals surface area contributed by atoms with Crippen molar-refractivity contribution in [2.24, 2.45) is 0 Å². The number of likely N-dealkylation sites (N-methyl/N-ethyl adjacent to an activating group) is 1. The molecule has 8 heteroatoms. The fourth-order valence-electron chi connectivity index (χ4n) is 4.30. The van der Waals surface area contributed by atoms with Gasteiger partial charge in [-0.2, -0.15) is 0 Å². The van der Waals surface area contributed by atoms with Gasteiger partial charge in [0.05, 0.1) is 24.6 Å². The molecule has 0 N–H and O–H groups in total. The van der Waals surface area contributed by atoms with Crippen LogP contribution in [0, 0.1) is 5.82 Å². The predicted octanol–water partition coefficient (Wildman–Crippen LogP) is 2.05. The summed E-state index contributed by atoms with van der Waals surface area (Å²) in [6, 6.07) is 9.04. The summed E-state index contributed by atoms with van der Waals surface area (Å²) < 4.78 is 19.4. The first-order chi connectivity index (χ1) is 14.9. The molecule has 0 bridgehead atoms. The molecule has 2 aromatic rings. The molecule has 2 saturated heterocycles. The monoisotopic (exact) mass is 425 g/mol. The fraction of sp³-hybridized carbons (Fsp3) is 0.391. The molecule has 0 saturated carbocycles. The molecule has 0 spiro atoms. The molecule has 31 heavy (non-hydrogen) atoms. The number of nitrogens with zero attached hydrogens (tertiary/aromatic N) is 3. The minimum absolute atomic E-state index is 0.0586. The van der Waals surface area contributed by atoms with Crippen LogP contribution in [-0.2, 0) is 31.1 Å². The summed E-state index contributed by atoms with van der Waals surface area (Å²) in [4.78, 5) is 46.4. The first kappa shape index (κ1) is 21.1. The molecule has 0 unspecified atom stereocenters. The first-order valence-electron chi connectivity index (χ1n) is 10.2. The van der Waals surface area contributed by atoms with Crippen LogP contribution in [0.25, 0.3) is 0 Å². The van der Waals surface area contributed by atoms with Crippen LogP contribution in [0.2, 0.25) is 0 Å². The standard InChI is InChI=1S/C23H24FN3O4/c1-26(19-7-9-31-15-19)20(28)11-23(17-5-2-6-18(24)10-17)12-21(29)27(22(23)30)14-16-4-3-8-25-13-16/h2-6,8,10,13,19H,7,9,11-12,14-15H2,1H3/t19-,23-/m1/s1. The lowest BCUT2D eigenvalue weighted by Crippen LogP contribution is -2.45. The van der Waals surface area contributed by atoms with E-state index >= 15 is 0 Å². The van der Waals surface area contributed by atoms with Gasteiger partial charge in [0, 0.05) is 38.9 Å². The van der Waals surface area contributed by atoms with Crippen molar-refractivity contribution in [1.82, 2.24) is 14.8 Å². The largest absolute Gasteiger partial charge is 0.379 e. The number of carbonyl (C=O) groups excluding carboxylic acids is 3. The molecule has 7 nitrogen and oxygen atoms in total. The molecule has 1 aromatic heterocycles. The highest BCUT2D eigenvalue weighted by Gasteiger charge is 2.54. The van der Waals surface area contributed by atoms with Crippen molar-refractivity contribution in [1.29, 1.82) is 0 Å². The van der Waals surface area contributed by atoms with E-state index in [1.807, 2.05) is 0 Å². The van der Waals surface area contributed by atoms with Crippen molar-refractivity contribution < 1.29 is 23.5 Å². The summed E-state index contributed by atoms with van der Waals surface area (Å²) in [5.41, 5.74) is -0.401. The Labute approximate surface area is 179 Å². The zero-order valence-electron chi connectivity index (χ0n) is 17.3. The lowest BCUT2D eigenvalue weighted by Gasteiger charge is -2.31. The van der Waals surface area contributed by atoms with Crippen LogP contribution in [-0.4, -0.2) is 58.8 Å². The van der Waals surface area contributed by atoms with Crippen LogP contribution in [0.15, 0.2) is 48.8 Å². The Morgan fingerprint density at radius 2 is 2.16 bits per heavy atom. The normalized spacial score (nSPS) is 23.4. The van der Waals surface area contributed by atoms with Crippen molar-refractivity contribution in [2.45, 2.75) is 37.3 Å². The number of carbonyl (C=O) groups is 3. The van der Waals surface area contributed by atoms with Gasteiger partial charge in [0.1, 0.15) is 5.82 Å². The highest BCUT2D eigenvalue weighted by Crippen LogP contribution is 2.41. The molecule has 2 aliphatic rings. The summed E-state index contributed by atoms with van der Waals surface area (Å²) in [5.74, 6) is -1.67. The van der Waals surface area contributed by atoms with Crippen molar-refractivity contribution in [2.75, 3.05) is 20.3 Å². The summed E-state index contributed by atoms with van der Waals surface area (Å²) >= 11 is 0. The number of halogens is 1. The number of ether oxygens (including phenoxy) is 1. The SMILES string of the molecule is CN(C(=O)C[C@]1(c2cccc(F)c2)CC(=O)N(Cc2cccnc2)C1=O)[C@@H]1CCOC1. The minimum Gasteiger partial charge on any atom is -0.379 e. The van der Waals surface area contributed by atoms with Gasteiger partial charge in [0.15, 0.2) is 0 Å². The van der Waals surface area contributed by atoms with Gasteiger partial charge in [-0.15, -0.1) is 0 Å². The molecule has 1 aromatic carbocycles. The number of pyridine rings is 1. The molecule has 3 amide bonds. The van der Waals surface area contributed by atoms with Crippen molar-refractivity contribution in [3.05, 3.63) is 65.7 Å². The van der Waals surface area contributed by atoms with E-state index in [9.17, 15) is 18.8 Å². The number of likely N-dealkylation sites (tertiary alicyclic amines) is 1. The number of benzene rings is 1. The number of imide groups is 1. The van der Waals surface area contributed by atoms with E-state index in [1.54, 1.807) is 42.5 Å². The van der Waals surface area contributed by atoms with Gasteiger partial charge in [-0.05, 0) is 35.7 Å². The third-order valence-corrected chi connectivity index (χ3v) is 6.15. The average Bonchev–Trinajstić information content (AvgIpc) is 3.38. The molecule has 2 aliphatic heterocycles. The van der Waals surface area contributed by atoms with Crippen molar-refractivity contribution >= 4 is 17.7 Å².